The third kappa shape index (κ3) is 4.40. The lowest BCUT2D eigenvalue weighted by atomic mass is 9.82. The highest BCUT2D eigenvalue weighted by Gasteiger charge is 2.23. The summed E-state index contributed by atoms with van der Waals surface area (Å²) in [7, 11) is 9.81. The maximum absolute atomic E-state index is 12.1. The Kier molecular flexibility index (Phi) is 6.31. The number of carbonyl (C=O) groups is 1. The number of benzene rings is 3. The fourth-order valence-electron chi connectivity index (χ4n) is 3.63. The van der Waals surface area contributed by atoms with E-state index in [0.29, 0.717) is 5.56 Å². The molecule has 2 N–H and O–H groups in total. The fourth-order valence-corrected chi connectivity index (χ4v) is 3.63. The van der Waals surface area contributed by atoms with Gasteiger partial charge >= 0.3 is 5.97 Å². The maximum Gasteiger partial charge on any atom is 0.336 e. The van der Waals surface area contributed by atoms with Crippen molar-refractivity contribution in [2.75, 3.05) is 50.4 Å². The summed E-state index contributed by atoms with van der Waals surface area (Å²) in [5.41, 5.74) is 6.17. The molecule has 0 heterocycles. The van der Waals surface area contributed by atoms with Crippen molar-refractivity contribution in [1.29, 1.82) is 0 Å². The van der Waals surface area contributed by atoms with Crippen molar-refractivity contribution in [3.63, 3.8) is 0 Å². The maximum atomic E-state index is 12.1. The molecule has 30 heavy (non-hydrogen) atoms. The summed E-state index contributed by atoms with van der Waals surface area (Å²) in [6.07, 6.45) is 0. The van der Waals surface area contributed by atoms with Gasteiger partial charge in [0.2, 0.25) is 0 Å². The molecular weight excluding hydrogens is 374 g/mol. The van der Waals surface area contributed by atoms with Gasteiger partial charge in [-0.25, -0.2) is 4.79 Å². The van der Waals surface area contributed by atoms with E-state index in [-0.39, 0.29) is 5.92 Å². The minimum Gasteiger partial charge on any atom is -0.478 e. The average molecular weight is 404 g/mol. The number of hydrogen-bond donors (Lipinski definition) is 2. The SMILES string of the molecule is CNc1ccc(C(c2ccc(N(C)C)cc2)c2ccc(N(C)C)cc2)c(C(=O)O)c1. The number of carboxylic acids is 1. The van der Waals surface area contributed by atoms with Crippen molar-refractivity contribution in [2.24, 2.45) is 0 Å². The summed E-state index contributed by atoms with van der Waals surface area (Å²) >= 11 is 0. The second-order valence-corrected chi connectivity index (χ2v) is 7.76. The second-order valence-electron chi connectivity index (χ2n) is 7.76. The molecule has 0 atom stereocenters. The lowest BCUT2D eigenvalue weighted by molar-refractivity contribution is 0.0695. The van der Waals surface area contributed by atoms with E-state index in [0.717, 1.165) is 33.8 Å². The third-order valence-corrected chi connectivity index (χ3v) is 5.37. The molecule has 0 aliphatic carbocycles. The van der Waals surface area contributed by atoms with Gasteiger partial charge in [0.05, 0.1) is 5.56 Å². The molecule has 3 rings (SSSR count). The van der Waals surface area contributed by atoms with Crippen LogP contribution in [-0.2, 0) is 0 Å². The lowest BCUT2D eigenvalue weighted by Crippen LogP contribution is -2.13. The van der Waals surface area contributed by atoms with Crippen LogP contribution < -0.4 is 15.1 Å². The molecule has 5 nitrogen and oxygen atoms in total. The van der Waals surface area contributed by atoms with Gasteiger partial charge in [0, 0.05) is 58.2 Å². The van der Waals surface area contributed by atoms with Gasteiger partial charge < -0.3 is 20.2 Å². The van der Waals surface area contributed by atoms with Crippen LogP contribution in [-0.4, -0.2) is 46.3 Å². The zero-order valence-corrected chi connectivity index (χ0v) is 18.2. The summed E-state index contributed by atoms with van der Waals surface area (Å²) in [6.45, 7) is 0. The summed E-state index contributed by atoms with van der Waals surface area (Å²) in [6, 6.07) is 22.1. The standard InChI is InChI=1S/C25H29N3O2/c1-26-19-10-15-22(23(16-19)25(29)30)24(17-6-11-20(12-7-17)27(2)3)18-8-13-21(14-9-18)28(4)5/h6-16,24,26H,1-5H3,(H,29,30). The number of rotatable bonds is 7. The summed E-state index contributed by atoms with van der Waals surface area (Å²) in [5.74, 6) is -1.11. The average Bonchev–Trinajstić information content (AvgIpc) is 2.74. The molecular formula is C25H29N3O2. The molecule has 0 unspecified atom stereocenters. The number of nitrogens with one attached hydrogen (secondary N) is 1. The third-order valence-electron chi connectivity index (χ3n) is 5.37. The van der Waals surface area contributed by atoms with Gasteiger partial charge in [0.15, 0.2) is 0 Å². The van der Waals surface area contributed by atoms with Gasteiger partial charge in [-0.2, -0.15) is 0 Å². The molecule has 3 aromatic rings. The number of nitrogens with zero attached hydrogens (tertiary/aromatic N) is 2. The van der Waals surface area contributed by atoms with Crippen molar-refractivity contribution >= 4 is 23.0 Å². The largest absolute Gasteiger partial charge is 0.478 e. The van der Waals surface area contributed by atoms with Gasteiger partial charge in [0.1, 0.15) is 0 Å². The Morgan fingerprint density at radius 1 is 0.800 bits per heavy atom. The van der Waals surface area contributed by atoms with E-state index in [4.69, 9.17) is 0 Å². The molecule has 0 spiro atoms. The Morgan fingerprint density at radius 3 is 1.63 bits per heavy atom. The van der Waals surface area contributed by atoms with Gasteiger partial charge in [-0.1, -0.05) is 30.3 Å². The van der Waals surface area contributed by atoms with Gasteiger partial charge in [-0.05, 0) is 53.1 Å². The van der Waals surface area contributed by atoms with E-state index >= 15 is 0 Å². The lowest BCUT2D eigenvalue weighted by Gasteiger charge is -2.23. The molecule has 0 saturated carbocycles. The van der Waals surface area contributed by atoms with Crippen molar-refractivity contribution in [2.45, 2.75) is 5.92 Å². The minimum absolute atomic E-state index is 0.186. The van der Waals surface area contributed by atoms with Crippen LogP contribution in [0, 0.1) is 0 Å². The summed E-state index contributed by atoms with van der Waals surface area (Å²) in [5, 5.41) is 13.0. The molecule has 0 aromatic heterocycles. The van der Waals surface area contributed by atoms with E-state index < -0.39 is 5.97 Å². The molecule has 5 heteroatoms. The van der Waals surface area contributed by atoms with Crippen molar-refractivity contribution in [1.82, 2.24) is 0 Å². The van der Waals surface area contributed by atoms with Crippen LogP contribution in [0.25, 0.3) is 0 Å². The van der Waals surface area contributed by atoms with E-state index in [2.05, 4.69) is 63.6 Å². The minimum atomic E-state index is -0.929. The van der Waals surface area contributed by atoms with E-state index in [1.165, 1.54) is 0 Å². The topological polar surface area (TPSA) is 55.8 Å². The Bertz CT molecular complexity index is 958. The first kappa shape index (κ1) is 21.2. The molecule has 0 aliphatic rings. The Hall–Kier alpha value is -3.47. The number of anilines is 3. The monoisotopic (exact) mass is 403 g/mol. The van der Waals surface area contributed by atoms with Crippen molar-refractivity contribution in [3.05, 3.63) is 89.0 Å². The van der Waals surface area contributed by atoms with Crippen LogP contribution in [0.15, 0.2) is 66.7 Å². The van der Waals surface area contributed by atoms with E-state index in [1.807, 2.05) is 40.3 Å². The molecule has 0 bridgehead atoms. The molecule has 0 aliphatic heterocycles. The Balaban J connectivity index is 2.18. The quantitative estimate of drug-likeness (QED) is 0.558. The van der Waals surface area contributed by atoms with Gasteiger partial charge in [-0.15, -0.1) is 0 Å². The first-order valence-electron chi connectivity index (χ1n) is 9.91. The molecule has 0 saturated heterocycles. The van der Waals surface area contributed by atoms with Crippen molar-refractivity contribution in [3.8, 4) is 0 Å². The Labute approximate surface area is 178 Å². The van der Waals surface area contributed by atoms with Crippen LogP contribution >= 0.6 is 0 Å². The van der Waals surface area contributed by atoms with Gasteiger partial charge in [-0.3, -0.25) is 0 Å². The van der Waals surface area contributed by atoms with Crippen LogP contribution in [0.4, 0.5) is 17.1 Å². The van der Waals surface area contributed by atoms with E-state index in [9.17, 15) is 9.90 Å². The highest BCUT2D eigenvalue weighted by molar-refractivity contribution is 5.91. The predicted molar refractivity (Wildman–Crippen MR) is 125 cm³/mol. The molecule has 0 radical (unpaired) electrons. The number of hydrogen-bond acceptors (Lipinski definition) is 4. The number of aromatic carboxylic acids is 1. The number of carboxylic acid groups (broad SMARTS) is 1. The highest BCUT2D eigenvalue weighted by atomic mass is 16.4. The van der Waals surface area contributed by atoms with Crippen molar-refractivity contribution < 1.29 is 9.90 Å². The predicted octanol–water partition coefficient (Wildman–Crippen LogP) is 4.74. The van der Waals surface area contributed by atoms with Crippen LogP contribution in [0.2, 0.25) is 0 Å². The first-order valence-corrected chi connectivity index (χ1v) is 9.91. The second kappa shape index (κ2) is 8.91. The van der Waals surface area contributed by atoms with E-state index in [1.54, 1.807) is 13.1 Å². The molecule has 0 fully saturated rings. The molecule has 156 valence electrons. The fraction of sp³-hybridized carbons (Fsp3) is 0.240. The van der Waals surface area contributed by atoms with Crippen LogP contribution in [0.5, 0.6) is 0 Å². The first-order chi connectivity index (χ1) is 14.3. The Morgan fingerprint density at radius 2 is 1.27 bits per heavy atom. The zero-order valence-electron chi connectivity index (χ0n) is 18.2. The van der Waals surface area contributed by atoms with Crippen LogP contribution in [0.1, 0.15) is 33.0 Å². The molecule has 0 amide bonds. The van der Waals surface area contributed by atoms with Crippen LogP contribution in [0.3, 0.4) is 0 Å². The summed E-state index contributed by atoms with van der Waals surface area (Å²) < 4.78 is 0. The normalized spacial score (nSPS) is 10.7. The smallest absolute Gasteiger partial charge is 0.336 e. The van der Waals surface area contributed by atoms with Gasteiger partial charge in [0.25, 0.3) is 0 Å². The zero-order chi connectivity index (χ0) is 21.8. The highest BCUT2D eigenvalue weighted by Crippen LogP contribution is 2.36. The summed E-state index contributed by atoms with van der Waals surface area (Å²) in [4.78, 5) is 16.2. The molecule has 3 aromatic carbocycles.